The second kappa shape index (κ2) is 5.32. The number of carboxylic acid groups (broad SMARTS) is 1. The van der Waals surface area contributed by atoms with E-state index in [0.29, 0.717) is 11.2 Å². The Balaban J connectivity index is 2.52. The fourth-order valence-corrected chi connectivity index (χ4v) is 1.55. The Hall–Kier alpha value is -0.810. The van der Waals surface area contributed by atoms with Crippen LogP contribution in [0.5, 0.6) is 0 Å². The average molecular weight is 276 g/mol. The van der Waals surface area contributed by atoms with E-state index in [9.17, 15) is 4.79 Å². The maximum Gasteiger partial charge on any atom is 0.304 e. The number of furan rings is 1. The van der Waals surface area contributed by atoms with Crippen LogP contribution in [0.3, 0.4) is 0 Å². The van der Waals surface area contributed by atoms with Crippen LogP contribution in [0.15, 0.2) is 21.2 Å². The first-order chi connectivity index (χ1) is 7.00. The van der Waals surface area contributed by atoms with Crippen molar-refractivity contribution < 1.29 is 14.3 Å². The first kappa shape index (κ1) is 12.3. The van der Waals surface area contributed by atoms with E-state index >= 15 is 0 Å². The normalized spacial score (nSPS) is 13.1. The predicted octanol–water partition coefficient (Wildman–Crippen LogP) is 2.51. The van der Waals surface area contributed by atoms with Crippen LogP contribution in [0.4, 0.5) is 0 Å². The predicted molar refractivity (Wildman–Crippen MR) is 59.7 cm³/mol. The largest absolute Gasteiger partial charge is 0.481 e. The quantitative estimate of drug-likeness (QED) is 0.897. The molecule has 1 aromatic rings. The van der Waals surface area contributed by atoms with Crippen molar-refractivity contribution in [2.75, 3.05) is 13.6 Å². The minimum atomic E-state index is -0.783. The molecule has 0 aliphatic rings. The number of nitrogens with zero attached hydrogens (tertiary/aromatic N) is 1. The molecular formula is C10H14BrNO3. The average Bonchev–Trinajstić information content (AvgIpc) is 2.60. The summed E-state index contributed by atoms with van der Waals surface area (Å²) >= 11 is 3.23. The van der Waals surface area contributed by atoms with Gasteiger partial charge in [0.2, 0.25) is 0 Å². The molecule has 0 amide bonds. The van der Waals surface area contributed by atoms with Crippen LogP contribution in [0, 0.1) is 0 Å². The zero-order chi connectivity index (χ0) is 11.4. The summed E-state index contributed by atoms with van der Waals surface area (Å²) in [6.07, 6.45) is 0.142. The lowest BCUT2D eigenvalue weighted by Gasteiger charge is -2.21. The Morgan fingerprint density at radius 2 is 2.33 bits per heavy atom. The molecule has 1 aromatic heterocycles. The van der Waals surface area contributed by atoms with Gasteiger partial charge in [0.15, 0.2) is 4.67 Å². The molecule has 0 saturated heterocycles. The molecule has 84 valence electrons. The molecule has 1 unspecified atom stereocenters. The van der Waals surface area contributed by atoms with Crippen LogP contribution in [-0.4, -0.2) is 29.6 Å². The van der Waals surface area contributed by atoms with E-state index in [4.69, 9.17) is 9.52 Å². The zero-order valence-electron chi connectivity index (χ0n) is 8.74. The second-order valence-electron chi connectivity index (χ2n) is 3.44. The topological polar surface area (TPSA) is 53.7 Å². The highest BCUT2D eigenvalue weighted by Gasteiger charge is 2.15. The molecule has 0 bridgehead atoms. The standard InChI is InChI=1S/C10H14BrNO3/c1-7(8-3-4-9(11)15-8)12(2)6-5-10(13)14/h3-4,7H,5-6H2,1-2H3,(H,13,14). The minimum Gasteiger partial charge on any atom is -0.481 e. The minimum absolute atomic E-state index is 0.0793. The molecule has 0 saturated carbocycles. The van der Waals surface area contributed by atoms with Crippen LogP contribution in [0.1, 0.15) is 25.1 Å². The Kier molecular flexibility index (Phi) is 4.35. The van der Waals surface area contributed by atoms with Gasteiger partial charge in [-0.15, -0.1) is 0 Å². The number of carboxylic acids is 1. The van der Waals surface area contributed by atoms with Gasteiger partial charge in [-0.3, -0.25) is 9.69 Å². The van der Waals surface area contributed by atoms with Crippen LogP contribution in [-0.2, 0) is 4.79 Å². The summed E-state index contributed by atoms with van der Waals surface area (Å²) in [6.45, 7) is 2.49. The van der Waals surface area contributed by atoms with Crippen molar-refractivity contribution in [3.63, 3.8) is 0 Å². The number of halogens is 1. The Labute approximate surface area is 97.0 Å². The number of hydrogen-bond acceptors (Lipinski definition) is 3. The van der Waals surface area contributed by atoms with Crippen LogP contribution in [0.25, 0.3) is 0 Å². The highest BCUT2D eigenvalue weighted by Crippen LogP contribution is 2.23. The van der Waals surface area contributed by atoms with Gasteiger partial charge in [0.1, 0.15) is 5.76 Å². The van der Waals surface area contributed by atoms with Crippen molar-refractivity contribution in [1.82, 2.24) is 4.90 Å². The van der Waals surface area contributed by atoms with Gasteiger partial charge in [-0.2, -0.15) is 0 Å². The van der Waals surface area contributed by atoms with Gasteiger partial charge in [0.05, 0.1) is 12.5 Å². The summed E-state index contributed by atoms with van der Waals surface area (Å²) in [6, 6.07) is 3.79. The molecule has 0 radical (unpaired) electrons. The van der Waals surface area contributed by atoms with E-state index in [1.54, 1.807) is 0 Å². The number of carbonyl (C=O) groups is 1. The Morgan fingerprint density at radius 1 is 1.67 bits per heavy atom. The van der Waals surface area contributed by atoms with Gasteiger partial charge in [-0.25, -0.2) is 0 Å². The van der Waals surface area contributed by atoms with E-state index in [0.717, 1.165) is 5.76 Å². The highest BCUT2D eigenvalue weighted by atomic mass is 79.9. The summed E-state index contributed by atoms with van der Waals surface area (Å²) in [5.74, 6) is 0.0458. The third kappa shape index (κ3) is 3.68. The SMILES string of the molecule is CC(c1ccc(Br)o1)N(C)CCC(=O)O. The number of rotatable bonds is 5. The molecule has 0 aliphatic heterocycles. The molecule has 1 N–H and O–H groups in total. The summed E-state index contributed by atoms with van der Waals surface area (Å²) < 4.78 is 6.09. The second-order valence-corrected chi connectivity index (χ2v) is 4.22. The van der Waals surface area contributed by atoms with E-state index in [2.05, 4.69) is 15.9 Å². The molecule has 0 fully saturated rings. The Morgan fingerprint density at radius 3 is 2.80 bits per heavy atom. The zero-order valence-corrected chi connectivity index (χ0v) is 10.3. The van der Waals surface area contributed by atoms with E-state index in [1.165, 1.54) is 0 Å². The highest BCUT2D eigenvalue weighted by molar-refractivity contribution is 9.10. The van der Waals surface area contributed by atoms with Gasteiger partial charge in [0.25, 0.3) is 0 Å². The van der Waals surface area contributed by atoms with E-state index in [1.807, 2.05) is 31.0 Å². The van der Waals surface area contributed by atoms with Crippen LogP contribution < -0.4 is 0 Å². The fourth-order valence-electron chi connectivity index (χ4n) is 1.24. The third-order valence-electron chi connectivity index (χ3n) is 2.35. The maximum absolute atomic E-state index is 10.4. The summed E-state index contributed by atoms with van der Waals surface area (Å²) in [5, 5.41) is 8.56. The van der Waals surface area contributed by atoms with Gasteiger partial charge < -0.3 is 9.52 Å². The summed E-state index contributed by atoms with van der Waals surface area (Å²) in [7, 11) is 1.88. The van der Waals surface area contributed by atoms with Crippen molar-refractivity contribution in [3.05, 3.63) is 22.6 Å². The molecule has 0 aromatic carbocycles. The number of aliphatic carboxylic acids is 1. The van der Waals surface area contributed by atoms with Gasteiger partial charge in [-0.05, 0) is 42.0 Å². The molecular weight excluding hydrogens is 262 g/mol. The first-order valence-electron chi connectivity index (χ1n) is 4.68. The smallest absolute Gasteiger partial charge is 0.304 e. The molecule has 5 heteroatoms. The molecule has 1 heterocycles. The third-order valence-corrected chi connectivity index (χ3v) is 2.77. The monoisotopic (exact) mass is 275 g/mol. The first-order valence-corrected chi connectivity index (χ1v) is 5.47. The van der Waals surface area contributed by atoms with Gasteiger partial charge in [-0.1, -0.05) is 0 Å². The van der Waals surface area contributed by atoms with E-state index < -0.39 is 5.97 Å². The van der Waals surface area contributed by atoms with E-state index in [-0.39, 0.29) is 12.5 Å². The van der Waals surface area contributed by atoms with Crippen molar-refractivity contribution >= 4 is 21.9 Å². The lowest BCUT2D eigenvalue weighted by molar-refractivity contribution is -0.137. The Bertz CT molecular complexity index is 337. The van der Waals surface area contributed by atoms with Crippen molar-refractivity contribution in [3.8, 4) is 0 Å². The van der Waals surface area contributed by atoms with Gasteiger partial charge >= 0.3 is 5.97 Å². The lowest BCUT2D eigenvalue weighted by atomic mass is 10.2. The molecule has 4 nitrogen and oxygen atoms in total. The van der Waals surface area contributed by atoms with Crippen molar-refractivity contribution in [2.45, 2.75) is 19.4 Å². The molecule has 1 rings (SSSR count). The maximum atomic E-state index is 10.4. The van der Waals surface area contributed by atoms with Crippen molar-refractivity contribution in [1.29, 1.82) is 0 Å². The molecule has 0 aliphatic carbocycles. The van der Waals surface area contributed by atoms with Crippen LogP contribution >= 0.6 is 15.9 Å². The number of hydrogen-bond donors (Lipinski definition) is 1. The molecule has 15 heavy (non-hydrogen) atoms. The molecule has 0 spiro atoms. The molecule has 1 atom stereocenters. The van der Waals surface area contributed by atoms with Gasteiger partial charge in [0, 0.05) is 6.54 Å². The fraction of sp³-hybridized carbons (Fsp3) is 0.500. The summed E-state index contributed by atoms with van der Waals surface area (Å²) in [4.78, 5) is 12.4. The van der Waals surface area contributed by atoms with Crippen LogP contribution in [0.2, 0.25) is 0 Å². The van der Waals surface area contributed by atoms with Crippen molar-refractivity contribution in [2.24, 2.45) is 0 Å². The lowest BCUT2D eigenvalue weighted by Crippen LogP contribution is -2.24. The summed E-state index contributed by atoms with van der Waals surface area (Å²) in [5.41, 5.74) is 0.